The third kappa shape index (κ3) is 1.15. The summed E-state index contributed by atoms with van der Waals surface area (Å²) in [5, 5.41) is 7.08. The highest BCUT2D eigenvalue weighted by Crippen LogP contribution is 2.03. The van der Waals surface area contributed by atoms with Crippen LogP contribution in [0.4, 0.5) is 0 Å². The summed E-state index contributed by atoms with van der Waals surface area (Å²) in [6, 6.07) is 0. The predicted molar refractivity (Wildman–Crippen MR) is 30.4 cm³/mol. The maximum absolute atomic E-state index is 7.08. The Kier molecular flexibility index (Phi) is 1.25. The molecule has 0 aromatic rings. The van der Waals surface area contributed by atoms with E-state index in [2.05, 4.69) is 6.42 Å². The molecular weight excluding hydrogens is 86.1 g/mol. The smallest absolute Gasteiger partial charge is 0.0311 e. The molecule has 1 rings (SSSR count). The minimum atomic E-state index is 0.752. The first-order chi connectivity index (χ1) is 3.39. The first-order valence-electron chi connectivity index (χ1n) is 2.47. The molecule has 1 N–H and O–H groups in total. The van der Waals surface area contributed by atoms with Crippen molar-refractivity contribution in [2.45, 2.75) is 12.8 Å². The number of nitrogens with one attached hydrogen (secondary N) is 1. The second-order valence-corrected chi connectivity index (χ2v) is 1.66. The van der Waals surface area contributed by atoms with Crippen LogP contribution in [0.2, 0.25) is 0 Å². The topological polar surface area (TPSA) is 23.9 Å². The van der Waals surface area contributed by atoms with Gasteiger partial charge in [0.15, 0.2) is 0 Å². The fraction of sp³-hybridized carbons (Fsp3) is 0.333. The predicted octanol–water partition coefficient (Wildman–Crippen LogP) is 1.56. The summed E-state index contributed by atoms with van der Waals surface area (Å²) in [6.45, 7) is 0. The number of allylic oxidation sites excluding steroid dienone is 2. The van der Waals surface area contributed by atoms with Gasteiger partial charge in [-0.05, 0) is 25.3 Å². The van der Waals surface area contributed by atoms with Gasteiger partial charge < -0.3 is 5.41 Å². The molecule has 37 valence electrons. The van der Waals surface area contributed by atoms with Crippen LogP contribution in [0.5, 0.6) is 0 Å². The van der Waals surface area contributed by atoms with E-state index in [0.717, 1.165) is 18.6 Å². The molecule has 0 bridgehead atoms. The molecule has 1 nitrogen and oxygen atoms in total. The van der Waals surface area contributed by atoms with Crippen molar-refractivity contribution in [3.8, 4) is 0 Å². The summed E-state index contributed by atoms with van der Waals surface area (Å²) in [5.74, 6) is 0. The third-order valence-corrected chi connectivity index (χ3v) is 1.01. The lowest BCUT2D eigenvalue weighted by Crippen LogP contribution is -1.94. The molecule has 0 heterocycles. The van der Waals surface area contributed by atoms with Crippen LogP contribution in [0.3, 0.4) is 0 Å². The molecule has 0 aromatic carbocycles. The van der Waals surface area contributed by atoms with Gasteiger partial charge in [-0.1, -0.05) is 6.08 Å². The van der Waals surface area contributed by atoms with Gasteiger partial charge in [0.1, 0.15) is 0 Å². The Morgan fingerprint density at radius 3 is 2.71 bits per heavy atom. The quantitative estimate of drug-likeness (QED) is 0.471. The second-order valence-electron chi connectivity index (χ2n) is 1.66. The standard InChI is InChI=1S/C6H8N/c7-6-4-2-1-3-5-6/h1-2,4,7H,3,5H2. The van der Waals surface area contributed by atoms with Gasteiger partial charge in [-0.15, -0.1) is 0 Å². The van der Waals surface area contributed by atoms with Gasteiger partial charge in [0, 0.05) is 5.71 Å². The molecule has 0 spiro atoms. The number of hydrogen-bond acceptors (Lipinski definition) is 1. The zero-order valence-electron chi connectivity index (χ0n) is 4.15. The summed E-state index contributed by atoms with van der Waals surface area (Å²) >= 11 is 0. The third-order valence-electron chi connectivity index (χ3n) is 1.01. The molecule has 0 aromatic heterocycles. The molecule has 1 aliphatic rings. The largest absolute Gasteiger partial charge is 0.305 e. The van der Waals surface area contributed by atoms with E-state index in [9.17, 15) is 0 Å². The zero-order valence-corrected chi connectivity index (χ0v) is 4.15. The summed E-state index contributed by atoms with van der Waals surface area (Å²) < 4.78 is 0. The minimum Gasteiger partial charge on any atom is -0.305 e. The molecule has 0 saturated heterocycles. The minimum absolute atomic E-state index is 0.752. The van der Waals surface area contributed by atoms with Crippen molar-refractivity contribution in [1.29, 1.82) is 5.41 Å². The SMILES string of the molecule is N=C1C=C[CH]CC1. The van der Waals surface area contributed by atoms with Crippen LogP contribution in [-0.4, -0.2) is 5.71 Å². The van der Waals surface area contributed by atoms with Crippen LogP contribution in [0.15, 0.2) is 12.2 Å². The Bertz CT molecular complexity index is 103. The molecule has 0 unspecified atom stereocenters. The molecule has 0 aliphatic heterocycles. The normalized spacial score (nSPS) is 20.3. The highest BCUT2D eigenvalue weighted by atomic mass is 14.4. The van der Waals surface area contributed by atoms with Crippen molar-refractivity contribution < 1.29 is 0 Å². The lowest BCUT2D eigenvalue weighted by Gasteiger charge is -2.00. The van der Waals surface area contributed by atoms with Crippen molar-refractivity contribution in [3.05, 3.63) is 18.6 Å². The highest BCUT2D eigenvalue weighted by Gasteiger charge is 1.95. The van der Waals surface area contributed by atoms with Crippen LogP contribution in [0, 0.1) is 11.8 Å². The first-order valence-corrected chi connectivity index (χ1v) is 2.47. The van der Waals surface area contributed by atoms with E-state index < -0.39 is 0 Å². The maximum atomic E-state index is 7.08. The summed E-state index contributed by atoms with van der Waals surface area (Å²) in [5.41, 5.74) is 0.752. The van der Waals surface area contributed by atoms with Crippen molar-refractivity contribution >= 4 is 5.71 Å². The lowest BCUT2D eigenvalue weighted by atomic mass is 10.1. The Labute approximate surface area is 43.6 Å². The van der Waals surface area contributed by atoms with Crippen LogP contribution >= 0.6 is 0 Å². The van der Waals surface area contributed by atoms with Gasteiger partial charge in [-0.25, -0.2) is 0 Å². The zero-order chi connectivity index (χ0) is 5.11. The molecule has 1 heteroatoms. The van der Waals surface area contributed by atoms with Gasteiger partial charge in [0.2, 0.25) is 0 Å². The average molecular weight is 94.1 g/mol. The van der Waals surface area contributed by atoms with Gasteiger partial charge in [-0.2, -0.15) is 0 Å². The van der Waals surface area contributed by atoms with Gasteiger partial charge in [0.25, 0.3) is 0 Å². The van der Waals surface area contributed by atoms with E-state index in [1.807, 2.05) is 12.2 Å². The van der Waals surface area contributed by atoms with Crippen molar-refractivity contribution in [2.24, 2.45) is 0 Å². The van der Waals surface area contributed by atoms with E-state index in [1.165, 1.54) is 0 Å². The molecule has 7 heavy (non-hydrogen) atoms. The van der Waals surface area contributed by atoms with E-state index in [1.54, 1.807) is 0 Å². The van der Waals surface area contributed by atoms with Gasteiger partial charge in [0.05, 0.1) is 0 Å². The lowest BCUT2D eigenvalue weighted by molar-refractivity contribution is 1.02. The van der Waals surface area contributed by atoms with Crippen molar-refractivity contribution in [2.75, 3.05) is 0 Å². The summed E-state index contributed by atoms with van der Waals surface area (Å²) in [7, 11) is 0. The number of hydrogen-bond donors (Lipinski definition) is 1. The Balaban J connectivity index is 2.51. The van der Waals surface area contributed by atoms with Gasteiger partial charge >= 0.3 is 0 Å². The maximum Gasteiger partial charge on any atom is 0.0311 e. The average Bonchev–Trinajstić information content (AvgIpc) is 1.69. The van der Waals surface area contributed by atoms with Crippen LogP contribution < -0.4 is 0 Å². The van der Waals surface area contributed by atoms with E-state index >= 15 is 0 Å². The number of rotatable bonds is 0. The Morgan fingerprint density at radius 2 is 2.43 bits per heavy atom. The second kappa shape index (κ2) is 1.92. The molecule has 0 amide bonds. The van der Waals surface area contributed by atoms with E-state index in [0.29, 0.717) is 0 Å². The van der Waals surface area contributed by atoms with Crippen LogP contribution in [-0.2, 0) is 0 Å². The molecule has 0 atom stereocenters. The highest BCUT2D eigenvalue weighted by molar-refractivity contribution is 5.93. The molecule has 1 aliphatic carbocycles. The first kappa shape index (κ1) is 4.57. The van der Waals surface area contributed by atoms with Crippen molar-refractivity contribution in [1.82, 2.24) is 0 Å². The van der Waals surface area contributed by atoms with Crippen LogP contribution in [0.1, 0.15) is 12.8 Å². The monoisotopic (exact) mass is 94.1 g/mol. The molecular formula is C6H8N. The Morgan fingerprint density at radius 1 is 1.57 bits per heavy atom. The van der Waals surface area contributed by atoms with E-state index in [-0.39, 0.29) is 0 Å². The van der Waals surface area contributed by atoms with E-state index in [4.69, 9.17) is 5.41 Å². The summed E-state index contributed by atoms with van der Waals surface area (Å²) in [4.78, 5) is 0. The fourth-order valence-electron chi connectivity index (χ4n) is 0.603. The Hall–Kier alpha value is -0.590. The van der Waals surface area contributed by atoms with Gasteiger partial charge in [-0.3, -0.25) is 0 Å². The summed E-state index contributed by atoms with van der Waals surface area (Å²) in [6.07, 6.45) is 7.83. The van der Waals surface area contributed by atoms with Crippen LogP contribution in [0.25, 0.3) is 0 Å². The van der Waals surface area contributed by atoms with Crippen molar-refractivity contribution in [3.63, 3.8) is 0 Å². The molecule has 1 radical (unpaired) electrons. The molecule has 0 fully saturated rings. The fourth-order valence-corrected chi connectivity index (χ4v) is 0.603. The molecule has 0 saturated carbocycles.